The highest BCUT2D eigenvalue weighted by molar-refractivity contribution is 5.85. The first-order chi connectivity index (χ1) is 9.24. The van der Waals surface area contributed by atoms with Crippen molar-refractivity contribution in [2.24, 2.45) is 0 Å². The van der Waals surface area contributed by atoms with Crippen molar-refractivity contribution < 1.29 is 4.42 Å². The Bertz CT molecular complexity index is 563. The minimum atomic E-state index is 0. The Kier molecular flexibility index (Phi) is 4.55. The average Bonchev–Trinajstić information content (AvgIpc) is 2.62. The third kappa shape index (κ3) is 2.90. The fourth-order valence-corrected chi connectivity index (χ4v) is 2.45. The predicted molar refractivity (Wildman–Crippen MR) is 83.8 cm³/mol. The van der Waals surface area contributed by atoms with Gasteiger partial charge in [-0.2, -0.15) is 0 Å². The summed E-state index contributed by atoms with van der Waals surface area (Å²) in [6, 6.07) is 8.41. The smallest absolute Gasteiger partial charge is 0.214 e. The van der Waals surface area contributed by atoms with E-state index in [2.05, 4.69) is 39.5 Å². The molecule has 0 saturated carbocycles. The largest absolute Gasteiger partial charge is 0.444 e. The summed E-state index contributed by atoms with van der Waals surface area (Å²) in [6.45, 7) is 6.71. The summed E-state index contributed by atoms with van der Waals surface area (Å²) in [5.41, 5.74) is 3.41. The van der Waals surface area contributed by atoms with E-state index in [0.717, 1.165) is 43.4 Å². The molecule has 3 rings (SSSR count). The number of nitrogens with zero attached hydrogens (tertiary/aromatic N) is 2. The molecule has 20 heavy (non-hydrogen) atoms. The van der Waals surface area contributed by atoms with E-state index in [1.54, 1.807) is 0 Å². The van der Waals surface area contributed by atoms with E-state index in [9.17, 15) is 0 Å². The van der Waals surface area contributed by atoms with Gasteiger partial charge in [0.15, 0.2) is 0 Å². The van der Waals surface area contributed by atoms with Crippen LogP contribution in [-0.4, -0.2) is 18.1 Å². The summed E-state index contributed by atoms with van der Waals surface area (Å²) in [4.78, 5) is 6.81. The van der Waals surface area contributed by atoms with E-state index in [1.807, 2.05) is 13.8 Å². The Morgan fingerprint density at radius 2 is 2.10 bits per heavy atom. The summed E-state index contributed by atoms with van der Waals surface area (Å²) in [7, 11) is 0. The molecule has 1 aromatic heterocycles. The number of para-hydroxylation sites is 2. The number of aryl methyl sites for hydroxylation is 2. The van der Waals surface area contributed by atoms with Crippen molar-refractivity contribution in [3.05, 3.63) is 41.6 Å². The molecule has 0 atom stereocenters. The Morgan fingerprint density at radius 1 is 1.30 bits per heavy atom. The lowest BCUT2D eigenvalue weighted by atomic mass is 10.2. The van der Waals surface area contributed by atoms with E-state index in [0.29, 0.717) is 0 Å². The lowest BCUT2D eigenvalue weighted by Gasteiger charge is -2.22. The van der Waals surface area contributed by atoms with Crippen LogP contribution >= 0.6 is 12.4 Å². The fourth-order valence-electron chi connectivity index (χ4n) is 2.45. The quantitative estimate of drug-likeness (QED) is 0.919. The van der Waals surface area contributed by atoms with Crippen molar-refractivity contribution in [2.75, 3.05) is 23.3 Å². The van der Waals surface area contributed by atoms with Crippen LogP contribution in [0.25, 0.3) is 0 Å². The second-order valence-electron chi connectivity index (χ2n) is 4.97. The van der Waals surface area contributed by atoms with E-state index < -0.39 is 0 Å². The molecule has 0 amide bonds. The highest BCUT2D eigenvalue weighted by Crippen LogP contribution is 2.29. The lowest BCUT2D eigenvalue weighted by Crippen LogP contribution is -2.23. The molecule has 1 aliphatic heterocycles. The minimum absolute atomic E-state index is 0. The molecule has 1 aromatic carbocycles. The maximum atomic E-state index is 5.70. The molecular formula is C15H20ClN3O. The molecule has 0 bridgehead atoms. The third-order valence-corrected chi connectivity index (χ3v) is 3.56. The van der Waals surface area contributed by atoms with Gasteiger partial charge in [0.1, 0.15) is 5.76 Å². The molecule has 108 valence electrons. The number of benzene rings is 1. The van der Waals surface area contributed by atoms with Crippen molar-refractivity contribution in [1.29, 1.82) is 0 Å². The number of aromatic nitrogens is 1. The maximum Gasteiger partial charge on any atom is 0.214 e. The van der Waals surface area contributed by atoms with Crippen molar-refractivity contribution in [2.45, 2.75) is 26.8 Å². The van der Waals surface area contributed by atoms with Crippen LogP contribution in [0.4, 0.5) is 11.4 Å². The highest BCUT2D eigenvalue weighted by Gasteiger charge is 2.17. The number of rotatable bonds is 2. The van der Waals surface area contributed by atoms with Gasteiger partial charge in [-0.3, -0.25) is 0 Å². The molecule has 1 aliphatic rings. The molecule has 0 radical (unpaired) electrons. The number of hydrogen-bond acceptors (Lipinski definition) is 4. The zero-order valence-electron chi connectivity index (χ0n) is 11.8. The van der Waals surface area contributed by atoms with Gasteiger partial charge in [0, 0.05) is 13.1 Å². The van der Waals surface area contributed by atoms with Gasteiger partial charge in [-0.05, 0) is 32.4 Å². The van der Waals surface area contributed by atoms with Crippen LogP contribution in [0.2, 0.25) is 0 Å². The Morgan fingerprint density at radius 3 is 2.85 bits per heavy atom. The molecule has 0 unspecified atom stereocenters. The second-order valence-corrected chi connectivity index (χ2v) is 4.97. The van der Waals surface area contributed by atoms with Gasteiger partial charge in [0.05, 0.1) is 23.6 Å². The van der Waals surface area contributed by atoms with Crippen LogP contribution in [0.1, 0.15) is 23.8 Å². The molecule has 2 aromatic rings. The van der Waals surface area contributed by atoms with E-state index >= 15 is 0 Å². The summed E-state index contributed by atoms with van der Waals surface area (Å²) in [6.07, 6.45) is 1.12. The van der Waals surface area contributed by atoms with Gasteiger partial charge in [0.2, 0.25) is 5.89 Å². The monoisotopic (exact) mass is 293 g/mol. The topological polar surface area (TPSA) is 41.3 Å². The molecule has 0 spiro atoms. The second kappa shape index (κ2) is 6.18. The van der Waals surface area contributed by atoms with Crippen molar-refractivity contribution in [3.8, 4) is 0 Å². The Balaban J connectivity index is 0.00000147. The van der Waals surface area contributed by atoms with Crippen LogP contribution in [0.3, 0.4) is 0 Å². The van der Waals surface area contributed by atoms with Crippen molar-refractivity contribution in [1.82, 2.24) is 4.98 Å². The molecule has 5 heteroatoms. The Hall–Kier alpha value is -1.68. The van der Waals surface area contributed by atoms with Gasteiger partial charge < -0.3 is 14.6 Å². The van der Waals surface area contributed by atoms with Crippen LogP contribution in [0.5, 0.6) is 0 Å². The first-order valence-corrected chi connectivity index (χ1v) is 6.75. The van der Waals surface area contributed by atoms with Crippen LogP contribution in [-0.2, 0) is 6.54 Å². The summed E-state index contributed by atoms with van der Waals surface area (Å²) in [5, 5.41) is 3.46. The SMILES string of the molecule is Cc1nc(CN2CCCNc3ccccc32)oc1C.Cl. The first kappa shape index (κ1) is 14.7. The van der Waals surface area contributed by atoms with Crippen LogP contribution in [0.15, 0.2) is 28.7 Å². The molecular weight excluding hydrogens is 274 g/mol. The van der Waals surface area contributed by atoms with E-state index in [-0.39, 0.29) is 12.4 Å². The number of anilines is 2. The van der Waals surface area contributed by atoms with Crippen molar-refractivity contribution >= 4 is 23.8 Å². The molecule has 4 nitrogen and oxygen atoms in total. The van der Waals surface area contributed by atoms with Crippen LogP contribution < -0.4 is 10.2 Å². The molecule has 2 heterocycles. The third-order valence-electron chi connectivity index (χ3n) is 3.56. The number of hydrogen-bond donors (Lipinski definition) is 1. The van der Waals surface area contributed by atoms with Gasteiger partial charge >= 0.3 is 0 Å². The summed E-state index contributed by atoms with van der Waals surface area (Å²) >= 11 is 0. The molecule has 0 fully saturated rings. The fraction of sp³-hybridized carbons (Fsp3) is 0.400. The van der Waals surface area contributed by atoms with Gasteiger partial charge in [-0.25, -0.2) is 4.98 Å². The molecule has 0 saturated heterocycles. The summed E-state index contributed by atoms with van der Waals surface area (Å²) < 4.78 is 5.70. The lowest BCUT2D eigenvalue weighted by molar-refractivity contribution is 0.464. The van der Waals surface area contributed by atoms with Gasteiger partial charge in [0.25, 0.3) is 0 Å². The first-order valence-electron chi connectivity index (χ1n) is 6.75. The normalized spacial score (nSPS) is 14.0. The van der Waals surface area contributed by atoms with Gasteiger partial charge in [-0.15, -0.1) is 12.4 Å². The minimum Gasteiger partial charge on any atom is -0.444 e. The van der Waals surface area contributed by atoms with E-state index in [4.69, 9.17) is 4.42 Å². The maximum absolute atomic E-state index is 5.70. The number of fused-ring (bicyclic) bond motifs is 1. The van der Waals surface area contributed by atoms with Gasteiger partial charge in [-0.1, -0.05) is 12.1 Å². The predicted octanol–water partition coefficient (Wildman–Crippen LogP) is 3.54. The zero-order chi connectivity index (χ0) is 13.2. The Labute approximate surface area is 125 Å². The number of oxazole rings is 1. The standard InChI is InChI=1S/C15H19N3O.ClH/c1-11-12(2)19-15(17-11)10-18-9-5-8-16-13-6-3-4-7-14(13)18;/h3-4,6-7,16H,5,8-10H2,1-2H3;1H. The zero-order valence-corrected chi connectivity index (χ0v) is 12.7. The van der Waals surface area contributed by atoms with Crippen LogP contribution in [0, 0.1) is 13.8 Å². The summed E-state index contributed by atoms with van der Waals surface area (Å²) in [5.74, 6) is 1.71. The highest BCUT2D eigenvalue weighted by atomic mass is 35.5. The van der Waals surface area contributed by atoms with E-state index in [1.165, 1.54) is 11.4 Å². The number of nitrogens with one attached hydrogen (secondary N) is 1. The average molecular weight is 294 g/mol. The molecule has 1 N–H and O–H groups in total. The number of halogens is 1. The molecule has 0 aliphatic carbocycles. The van der Waals surface area contributed by atoms with Crippen molar-refractivity contribution in [3.63, 3.8) is 0 Å².